The molecular weight excluding hydrogens is 402 g/mol. The number of carbonyl (C=O) groups excluding carboxylic acids is 1. The lowest BCUT2D eigenvalue weighted by Crippen LogP contribution is -2.07. The minimum atomic E-state index is -0.500. The van der Waals surface area contributed by atoms with Crippen LogP contribution in [0.15, 0.2) is 47.0 Å². The molecular formula is C23H25NO7. The predicted octanol–water partition coefficient (Wildman–Crippen LogP) is 4.51. The van der Waals surface area contributed by atoms with E-state index in [1.807, 2.05) is 19.9 Å². The van der Waals surface area contributed by atoms with E-state index >= 15 is 0 Å². The summed E-state index contributed by atoms with van der Waals surface area (Å²) < 4.78 is 32.4. The van der Waals surface area contributed by atoms with Crippen molar-refractivity contribution in [3.05, 3.63) is 53.7 Å². The molecule has 31 heavy (non-hydrogen) atoms. The molecule has 0 saturated heterocycles. The molecule has 0 unspecified atom stereocenters. The fourth-order valence-electron chi connectivity index (χ4n) is 2.91. The summed E-state index contributed by atoms with van der Waals surface area (Å²) in [6, 6.07) is 12.0. The molecule has 2 aromatic carbocycles. The standard InChI is InChI=1S/C23H25NO7/c1-5-28-19-10-8-16(12-22(19)29-6-2)23(25)30-14-17-13-20(31-24-17)15-7-9-18(26-3)21(11-15)27-4/h7-13H,5-6,14H2,1-4H3. The number of benzene rings is 2. The van der Waals surface area contributed by atoms with E-state index in [9.17, 15) is 4.79 Å². The second-order valence-corrected chi connectivity index (χ2v) is 6.36. The largest absolute Gasteiger partial charge is 0.493 e. The summed E-state index contributed by atoms with van der Waals surface area (Å²) in [7, 11) is 3.13. The maximum absolute atomic E-state index is 12.5. The van der Waals surface area contributed by atoms with Gasteiger partial charge in [0.15, 0.2) is 28.8 Å². The average Bonchev–Trinajstić information content (AvgIpc) is 3.27. The number of hydrogen-bond acceptors (Lipinski definition) is 8. The molecule has 0 spiro atoms. The monoisotopic (exact) mass is 427 g/mol. The topological polar surface area (TPSA) is 89.3 Å². The summed E-state index contributed by atoms with van der Waals surface area (Å²) in [6.45, 7) is 4.66. The van der Waals surface area contributed by atoms with E-state index in [-0.39, 0.29) is 6.61 Å². The van der Waals surface area contributed by atoms with Crippen LogP contribution >= 0.6 is 0 Å². The molecule has 8 nitrogen and oxygen atoms in total. The van der Waals surface area contributed by atoms with E-state index in [2.05, 4.69) is 5.16 Å². The third-order valence-corrected chi connectivity index (χ3v) is 4.36. The van der Waals surface area contributed by atoms with Gasteiger partial charge in [0.25, 0.3) is 0 Å². The van der Waals surface area contributed by atoms with Crippen LogP contribution in [0.5, 0.6) is 23.0 Å². The van der Waals surface area contributed by atoms with Gasteiger partial charge in [-0.3, -0.25) is 0 Å². The Morgan fingerprint density at radius 3 is 2.29 bits per heavy atom. The number of ether oxygens (including phenoxy) is 5. The first-order chi connectivity index (χ1) is 15.1. The first kappa shape index (κ1) is 22.0. The zero-order valence-electron chi connectivity index (χ0n) is 18.0. The highest BCUT2D eigenvalue weighted by Gasteiger charge is 2.15. The van der Waals surface area contributed by atoms with Crippen LogP contribution in [0.2, 0.25) is 0 Å². The van der Waals surface area contributed by atoms with Gasteiger partial charge in [-0.1, -0.05) is 5.16 Å². The molecule has 0 aliphatic rings. The van der Waals surface area contributed by atoms with Crippen molar-refractivity contribution in [1.82, 2.24) is 5.16 Å². The highest BCUT2D eigenvalue weighted by Crippen LogP contribution is 2.33. The Hall–Kier alpha value is -3.68. The smallest absolute Gasteiger partial charge is 0.338 e. The minimum absolute atomic E-state index is 0.0349. The fourth-order valence-corrected chi connectivity index (χ4v) is 2.91. The molecule has 0 amide bonds. The maximum Gasteiger partial charge on any atom is 0.338 e. The van der Waals surface area contributed by atoms with Crippen molar-refractivity contribution in [3.8, 4) is 34.3 Å². The van der Waals surface area contributed by atoms with Crippen molar-refractivity contribution >= 4 is 5.97 Å². The first-order valence-corrected chi connectivity index (χ1v) is 9.84. The van der Waals surface area contributed by atoms with Crippen molar-refractivity contribution in [2.75, 3.05) is 27.4 Å². The van der Waals surface area contributed by atoms with Crippen LogP contribution in [0.4, 0.5) is 0 Å². The summed E-state index contributed by atoms with van der Waals surface area (Å²) in [5, 5.41) is 3.97. The Bertz CT molecular complexity index is 1030. The number of aromatic nitrogens is 1. The molecule has 8 heteroatoms. The number of hydrogen-bond donors (Lipinski definition) is 0. The zero-order valence-corrected chi connectivity index (χ0v) is 18.0. The van der Waals surface area contributed by atoms with Crippen LogP contribution < -0.4 is 18.9 Å². The van der Waals surface area contributed by atoms with E-state index in [1.165, 1.54) is 0 Å². The Kier molecular flexibility index (Phi) is 7.37. The number of esters is 1. The van der Waals surface area contributed by atoms with Crippen molar-refractivity contribution in [2.45, 2.75) is 20.5 Å². The van der Waals surface area contributed by atoms with Gasteiger partial charge >= 0.3 is 5.97 Å². The van der Waals surface area contributed by atoms with E-state index < -0.39 is 5.97 Å². The van der Waals surface area contributed by atoms with Gasteiger partial charge in [-0.05, 0) is 50.2 Å². The SMILES string of the molecule is CCOc1ccc(C(=O)OCc2cc(-c3ccc(OC)c(OC)c3)on2)cc1OCC. The van der Waals surface area contributed by atoms with Gasteiger partial charge in [0, 0.05) is 11.6 Å². The second kappa shape index (κ2) is 10.4. The van der Waals surface area contributed by atoms with Crippen molar-refractivity contribution in [2.24, 2.45) is 0 Å². The quantitative estimate of drug-likeness (QED) is 0.437. The normalized spacial score (nSPS) is 10.5. The van der Waals surface area contributed by atoms with Crippen LogP contribution in [-0.4, -0.2) is 38.6 Å². The van der Waals surface area contributed by atoms with Gasteiger partial charge in [0.05, 0.1) is 33.0 Å². The van der Waals surface area contributed by atoms with Crippen molar-refractivity contribution < 1.29 is 33.0 Å². The third kappa shape index (κ3) is 5.28. The van der Waals surface area contributed by atoms with Crippen LogP contribution in [0.3, 0.4) is 0 Å². The third-order valence-electron chi connectivity index (χ3n) is 4.36. The second-order valence-electron chi connectivity index (χ2n) is 6.36. The van der Waals surface area contributed by atoms with E-state index in [1.54, 1.807) is 50.6 Å². The molecule has 1 heterocycles. The lowest BCUT2D eigenvalue weighted by molar-refractivity contribution is 0.0463. The van der Waals surface area contributed by atoms with E-state index in [0.29, 0.717) is 53.2 Å². The van der Waals surface area contributed by atoms with Gasteiger partial charge in [0.1, 0.15) is 12.3 Å². The summed E-state index contributed by atoms with van der Waals surface area (Å²) in [5.41, 5.74) is 1.60. The van der Waals surface area contributed by atoms with Crippen LogP contribution in [0, 0.1) is 0 Å². The minimum Gasteiger partial charge on any atom is -0.493 e. The molecule has 3 aromatic rings. The van der Waals surface area contributed by atoms with Crippen LogP contribution in [0.25, 0.3) is 11.3 Å². The zero-order chi connectivity index (χ0) is 22.2. The maximum atomic E-state index is 12.5. The highest BCUT2D eigenvalue weighted by atomic mass is 16.5. The van der Waals surface area contributed by atoms with Crippen molar-refractivity contribution in [3.63, 3.8) is 0 Å². The van der Waals surface area contributed by atoms with Crippen LogP contribution in [0.1, 0.15) is 29.9 Å². The predicted molar refractivity (Wildman–Crippen MR) is 113 cm³/mol. The summed E-state index contributed by atoms with van der Waals surface area (Å²) in [4.78, 5) is 12.5. The molecule has 0 atom stereocenters. The summed E-state index contributed by atoms with van der Waals surface area (Å²) in [5.74, 6) is 2.28. The molecule has 0 radical (unpaired) electrons. The molecule has 1 aromatic heterocycles. The summed E-state index contributed by atoms with van der Waals surface area (Å²) in [6.07, 6.45) is 0. The Labute approximate surface area is 180 Å². The Morgan fingerprint density at radius 1 is 0.871 bits per heavy atom. The molecule has 0 aliphatic heterocycles. The van der Waals surface area contributed by atoms with E-state index in [4.69, 9.17) is 28.2 Å². The van der Waals surface area contributed by atoms with Gasteiger partial charge in [-0.2, -0.15) is 0 Å². The Balaban J connectivity index is 1.68. The number of carbonyl (C=O) groups is 1. The number of rotatable bonds is 10. The first-order valence-electron chi connectivity index (χ1n) is 9.84. The van der Waals surface area contributed by atoms with Crippen molar-refractivity contribution in [1.29, 1.82) is 0 Å². The van der Waals surface area contributed by atoms with E-state index in [0.717, 1.165) is 5.56 Å². The molecule has 0 bridgehead atoms. The molecule has 164 valence electrons. The van der Waals surface area contributed by atoms with Gasteiger partial charge in [0.2, 0.25) is 0 Å². The Morgan fingerprint density at radius 2 is 1.58 bits per heavy atom. The van der Waals surface area contributed by atoms with Gasteiger partial charge in [-0.15, -0.1) is 0 Å². The van der Waals surface area contributed by atoms with Crippen LogP contribution in [-0.2, 0) is 11.3 Å². The highest BCUT2D eigenvalue weighted by molar-refractivity contribution is 5.90. The fraction of sp³-hybridized carbons (Fsp3) is 0.304. The molecule has 0 N–H and O–H groups in total. The molecule has 0 aliphatic carbocycles. The lowest BCUT2D eigenvalue weighted by Gasteiger charge is -2.12. The number of nitrogens with zero attached hydrogens (tertiary/aromatic N) is 1. The van der Waals surface area contributed by atoms with Gasteiger partial charge < -0.3 is 28.2 Å². The number of methoxy groups -OCH3 is 2. The average molecular weight is 427 g/mol. The molecule has 3 rings (SSSR count). The van der Waals surface area contributed by atoms with Gasteiger partial charge in [-0.25, -0.2) is 4.79 Å². The lowest BCUT2D eigenvalue weighted by atomic mass is 10.1. The summed E-state index contributed by atoms with van der Waals surface area (Å²) >= 11 is 0. The molecule has 0 fully saturated rings. The molecule has 0 saturated carbocycles.